The first kappa shape index (κ1) is 18.5. The Morgan fingerprint density at radius 2 is 2.03 bits per heavy atom. The third-order valence-electron chi connectivity index (χ3n) is 4.68. The Balaban J connectivity index is 1.17. The van der Waals surface area contributed by atoms with Crippen molar-refractivity contribution in [3.63, 3.8) is 0 Å². The van der Waals surface area contributed by atoms with Crippen molar-refractivity contribution in [3.05, 3.63) is 48.3 Å². The van der Waals surface area contributed by atoms with Crippen LogP contribution in [0.25, 0.3) is 22.5 Å². The van der Waals surface area contributed by atoms with E-state index in [1.807, 2.05) is 41.9 Å². The van der Waals surface area contributed by atoms with E-state index in [0.29, 0.717) is 29.2 Å². The van der Waals surface area contributed by atoms with Crippen molar-refractivity contribution in [1.82, 2.24) is 25.1 Å². The number of para-hydroxylation sites is 2. The molecule has 0 unspecified atom stereocenters. The fourth-order valence-corrected chi connectivity index (χ4v) is 3.72. The van der Waals surface area contributed by atoms with Crippen LogP contribution in [-0.2, 0) is 18.4 Å². The second-order valence-electron chi connectivity index (χ2n) is 6.58. The molecule has 9 nitrogen and oxygen atoms in total. The average molecular weight is 423 g/mol. The van der Waals surface area contributed by atoms with Gasteiger partial charge >= 0.3 is 0 Å². The highest BCUT2D eigenvalue weighted by molar-refractivity contribution is 7.99. The monoisotopic (exact) mass is 423 g/mol. The maximum absolute atomic E-state index is 12.2. The molecular weight excluding hydrogens is 406 g/mol. The maximum Gasteiger partial charge on any atom is 0.277 e. The average Bonchev–Trinajstić information content (AvgIpc) is 3.49. The first-order valence-electron chi connectivity index (χ1n) is 9.21. The van der Waals surface area contributed by atoms with Crippen molar-refractivity contribution in [2.75, 3.05) is 12.5 Å². The number of benzene rings is 2. The van der Waals surface area contributed by atoms with Gasteiger partial charge in [-0.3, -0.25) is 4.79 Å². The first-order valence-corrected chi connectivity index (χ1v) is 10.2. The molecule has 1 amide bonds. The molecule has 0 fully saturated rings. The largest absolute Gasteiger partial charge is 0.454 e. The highest BCUT2D eigenvalue weighted by Gasteiger charge is 2.17. The van der Waals surface area contributed by atoms with Crippen LogP contribution in [0.3, 0.4) is 0 Å². The molecule has 0 bridgehead atoms. The Morgan fingerprint density at radius 1 is 1.17 bits per heavy atom. The van der Waals surface area contributed by atoms with Crippen LogP contribution >= 0.6 is 11.8 Å². The summed E-state index contributed by atoms with van der Waals surface area (Å²) in [5, 5.41) is 11.2. The van der Waals surface area contributed by atoms with Crippen LogP contribution in [0.2, 0.25) is 0 Å². The summed E-state index contributed by atoms with van der Waals surface area (Å²) >= 11 is 1.18. The van der Waals surface area contributed by atoms with E-state index in [-0.39, 0.29) is 18.5 Å². The maximum atomic E-state index is 12.2. The Kier molecular flexibility index (Phi) is 4.75. The van der Waals surface area contributed by atoms with Crippen LogP contribution in [0, 0.1) is 0 Å². The number of aromatic nitrogens is 4. The smallest absolute Gasteiger partial charge is 0.277 e. The number of aryl methyl sites for hydroxylation is 1. The Morgan fingerprint density at radius 3 is 2.93 bits per heavy atom. The van der Waals surface area contributed by atoms with Crippen LogP contribution < -0.4 is 14.8 Å². The summed E-state index contributed by atoms with van der Waals surface area (Å²) in [4.78, 5) is 16.8. The lowest BCUT2D eigenvalue weighted by molar-refractivity contribution is -0.118. The van der Waals surface area contributed by atoms with Gasteiger partial charge in [0, 0.05) is 12.6 Å². The summed E-state index contributed by atoms with van der Waals surface area (Å²) in [5.74, 6) is 2.49. The van der Waals surface area contributed by atoms with E-state index >= 15 is 0 Å². The molecule has 4 aromatic rings. The molecule has 1 aliphatic heterocycles. The zero-order valence-electron chi connectivity index (χ0n) is 16.0. The number of ether oxygens (including phenoxy) is 2. The number of carbonyl (C=O) groups excluding carboxylic acids is 1. The minimum atomic E-state index is -0.144. The quantitative estimate of drug-likeness (QED) is 0.472. The highest BCUT2D eigenvalue weighted by Crippen LogP contribution is 2.36. The van der Waals surface area contributed by atoms with Gasteiger partial charge in [0.2, 0.25) is 18.6 Å². The molecule has 30 heavy (non-hydrogen) atoms. The predicted molar refractivity (Wildman–Crippen MR) is 109 cm³/mol. The molecule has 0 spiro atoms. The number of nitrogens with one attached hydrogen (secondary N) is 1. The first-order chi connectivity index (χ1) is 14.7. The number of rotatable bonds is 6. The highest BCUT2D eigenvalue weighted by atomic mass is 32.2. The van der Waals surface area contributed by atoms with Gasteiger partial charge in [0.25, 0.3) is 5.22 Å². The van der Waals surface area contributed by atoms with E-state index < -0.39 is 0 Å². The number of amides is 1. The van der Waals surface area contributed by atoms with Crippen LogP contribution in [0.4, 0.5) is 0 Å². The number of nitrogens with zero attached hydrogens (tertiary/aromatic N) is 4. The summed E-state index contributed by atoms with van der Waals surface area (Å²) in [7, 11) is 1.93. The topological polar surface area (TPSA) is 104 Å². The zero-order chi connectivity index (χ0) is 20.5. The van der Waals surface area contributed by atoms with Gasteiger partial charge in [-0.1, -0.05) is 23.9 Å². The molecule has 0 radical (unpaired) electrons. The van der Waals surface area contributed by atoms with Gasteiger partial charge in [0.1, 0.15) is 5.82 Å². The molecule has 5 rings (SSSR count). The number of hydrogen-bond donors (Lipinski definition) is 1. The predicted octanol–water partition coefficient (Wildman–Crippen LogP) is 2.76. The lowest BCUT2D eigenvalue weighted by Crippen LogP contribution is -2.26. The van der Waals surface area contributed by atoms with Crippen LogP contribution in [0.5, 0.6) is 11.5 Å². The number of imidazole rings is 1. The van der Waals surface area contributed by atoms with E-state index in [1.165, 1.54) is 11.8 Å². The van der Waals surface area contributed by atoms with Crippen molar-refractivity contribution < 1.29 is 18.7 Å². The van der Waals surface area contributed by atoms with E-state index in [0.717, 1.165) is 22.4 Å². The van der Waals surface area contributed by atoms with Crippen molar-refractivity contribution in [2.45, 2.75) is 11.8 Å². The van der Waals surface area contributed by atoms with Crippen LogP contribution in [0.1, 0.15) is 5.82 Å². The summed E-state index contributed by atoms with van der Waals surface area (Å²) in [5.41, 5.74) is 2.66. The molecule has 2 aromatic heterocycles. The molecule has 0 saturated carbocycles. The van der Waals surface area contributed by atoms with Gasteiger partial charge in [-0.15, -0.1) is 10.2 Å². The fourth-order valence-electron chi connectivity index (χ4n) is 3.12. The summed E-state index contributed by atoms with van der Waals surface area (Å²) < 4.78 is 18.3. The van der Waals surface area contributed by atoms with E-state index in [9.17, 15) is 4.79 Å². The molecule has 152 valence electrons. The number of thioether (sulfide) groups is 1. The molecule has 0 saturated heterocycles. The molecule has 0 atom stereocenters. The van der Waals surface area contributed by atoms with Gasteiger partial charge in [-0.2, -0.15) is 0 Å². The molecule has 3 heterocycles. The Bertz CT molecular complexity index is 1240. The Labute approximate surface area is 175 Å². The van der Waals surface area contributed by atoms with E-state index in [1.54, 1.807) is 12.1 Å². The zero-order valence-corrected chi connectivity index (χ0v) is 16.8. The van der Waals surface area contributed by atoms with Crippen molar-refractivity contribution in [2.24, 2.45) is 7.05 Å². The SMILES string of the molecule is Cn1c(CNC(=O)CSc2nnc(-c3ccc4c(c3)OCO4)o2)nc2ccccc21. The van der Waals surface area contributed by atoms with Crippen LogP contribution in [-0.4, -0.2) is 38.2 Å². The van der Waals surface area contributed by atoms with Crippen LogP contribution in [0.15, 0.2) is 52.1 Å². The van der Waals surface area contributed by atoms with Crippen molar-refractivity contribution in [3.8, 4) is 23.0 Å². The van der Waals surface area contributed by atoms with Gasteiger partial charge in [-0.05, 0) is 30.3 Å². The third-order valence-corrected chi connectivity index (χ3v) is 5.49. The summed E-state index contributed by atoms with van der Waals surface area (Å²) in [6.45, 7) is 0.546. The minimum absolute atomic E-state index is 0.144. The van der Waals surface area contributed by atoms with Gasteiger partial charge in [0.05, 0.1) is 23.3 Å². The Hall–Kier alpha value is -3.53. The fraction of sp³-hybridized carbons (Fsp3) is 0.200. The third kappa shape index (κ3) is 3.57. The molecule has 1 aliphatic rings. The number of hydrogen-bond acceptors (Lipinski definition) is 8. The molecule has 2 aromatic carbocycles. The van der Waals surface area contributed by atoms with E-state index in [2.05, 4.69) is 20.5 Å². The standard InChI is InChI=1S/C20H17N5O4S/c1-25-14-5-3-2-4-13(14)22-17(25)9-21-18(26)10-30-20-24-23-19(29-20)12-6-7-15-16(8-12)28-11-27-15/h2-8H,9-11H2,1H3,(H,21,26). The van der Waals surface area contributed by atoms with E-state index in [4.69, 9.17) is 13.9 Å². The molecule has 0 aliphatic carbocycles. The van der Waals surface area contributed by atoms with Gasteiger partial charge in [0.15, 0.2) is 11.5 Å². The molecular formula is C20H17N5O4S. The number of carbonyl (C=O) groups is 1. The molecule has 10 heteroatoms. The second kappa shape index (κ2) is 7.71. The number of fused-ring (bicyclic) bond motifs is 2. The lowest BCUT2D eigenvalue weighted by Gasteiger charge is -2.04. The molecule has 1 N–H and O–H groups in total. The van der Waals surface area contributed by atoms with Gasteiger partial charge < -0.3 is 23.8 Å². The summed E-state index contributed by atoms with van der Waals surface area (Å²) in [6.07, 6.45) is 0. The van der Waals surface area contributed by atoms with Crippen molar-refractivity contribution >= 4 is 28.7 Å². The van der Waals surface area contributed by atoms with Crippen molar-refractivity contribution in [1.29, 1.82) is 0 Å². The summed E-state index contributed by atoms with van der Waals surface area (Å²) in [6, 6.07) is 13.2. The van der Waals surface area contributed by atoms with Gasteiger partial charge in [-0.25, -0.2) is 4.98 Å². The second-order valence-corrected chi connectivity index (χ2v) is 7.51. The lowest BCUT2D eigenvalue weighted by atomic mass is 10.2. The minimum Gasteiger partial charge on any atom is -0.454 e. The normalized spacial score (nSPS) is 12.4.